The molecular weight excluding hydrogens is 382 g/mol. The van der Waals surface area contributed by atoms with Gasteiger partial charge in [-0.2, -0.15) is 5.10 Å². The Bertz CT molecular complexity index is 1080. The molecule has 0 aliphatic rings. The van der Waals surface area contributed by atoms with Gasteiger partial charge in [0.2, 0.25) is 5.91 Å². The van der Waals surface area contributed by atoms with Gasteiger partial charge in [0, 0.05) is 17.3 Å². The first-order valence-electron chi connectivity index (χ1n) is 9.76. The molecule has 3 aromatic rings. The third-order valence-electron chi connectivity index (χ3n) is 4.54. The fourth-order valence-electron chi connectivity index (χ4n) is 3.01. The number of rotatable bonds is 7. The molecule has 30 heavy (non-hydrogen) atoms. The molecule has 0 aliphatic carbocycles. The van der Waals surface area contributed by atoms with Crippen LogP contribution in [-0.4, -0.2) is 28.3 Å². The molecule has 0 fully saturated rings. The van der Waals surface area contributed by atoms with E-state index >= 15 is 0 Å². The van der Waals surface area contributed by atoms with Gasteiger partial charge in [0.25, 0.3) is 5.56 Å². The standard InChI is InChI=1S/C23H23N3O4/c1-3-20(22(28)24-18-12-10-17(11-13-18)23(29)30-4-2)26-21(27)15-14-19(25-26)16-8-6-5-7-9-16/h5-15,20H,3-4H2,1-2H3,(H,24,28)/t20-/m0/s1. The largest absolute Gasteiger partial charge is 0.462 e. The minimum absolute atomic E-state index is 0.291. The van der Waals surface area contributed by atoms with E-state index in [1.165, 1.54) is 10.7 Å². The smallest absolute Gasteiger partial charge is 0.338 e. The Morgan fingerprint density at radius 2 is 1.70 bits per heavy atom. The minimum Gasteiger partial charge on any atom is -0.462 e. The number of benzene rings is 2. The Morgan fingerprint density at radius 1 is 1.00 bits per heavy atom. The first-order valence-corrected chi connectivity index (χ1v) is 9.76. The fourth-order valence-corrected chi connectivity index (χ4v) is 3.01. The maximum atomic E-state index is 12.9. The lowest BCUT2D eigenvalue weighted by molar-refractivity contribution is -0.119. The highest BCUT2D eigenvalue weighted by atomic mass is 16.5. The summed E-state index contributed by atoms with van der Waals surface area (Å²) in [6.45, 7) is 3.84. The van der Waals surface area contributed by atoms with Crippen molar-refractivity contribution in [3.63, 3.8) is 0 Å². The van der Waals surface area contributed by atoms with Crippen molar-refractivity contribution in [2.24, 2.45) is 0 Å². The lowest BCUT2D eigenvalue weighted by Gasteiger charge is -2.17. The van der Waals surface area contributed by atoms with Gasteiger partial charge in [0.15, 0.2) is 0 Å². The van der Waals surface area contributed by atoms with Crippen molar-refractivity contribution in [3.8, 4) is 11.3 Å². The SMILES string of the molecule is CCOC(=O)c1ccc(NC(=O)[C@H](CC)n2nc(-c3ccccc3)ccc2=O)cc1. The van der Waals surface area contributed by atoms with E-state index in [0.717, 1.165) is 5.56 Å². The summed E-state index contributed by atoms with van der Waals surface area (Å²) >= 11 is 0. The maximum Gasteiger partial charge on any atom is 0.338 e. The van der Waals surface area contributed by atoms with Crippen LogP contribution < -0.4 is 10.9 Å². The van der Waals surface area contributed by atoms with E-state index in [-0.39, 0.29) is 11.5 Å². The minimum atomic E-state index is -0.772. The molecule has 1 atom stereocenters. The fraction of sp³-hybridized carbons (Fsp3) is 0.217. The Kier molecular flexibility index (Phi) is 6.75. The first-order chi connectivity index (χ1) is 14.5. The molecule has 154 valence electrons. The van der Waals surface area contributed by atoms with Gasteiger partial charge in [-0.3, -0.25) is 9.59 Å². The van der Waals surface area contributed by atoms with Crippen LogP contribution in [-0.2, 0) is 9.53 Å². The molecule has 1 aromatic heterocycles. The summed E-state index contributed by atoms with van der Waals surface area (Å²) in [5.74, 6) is -0.781. The molecule has 1 N–H and O–H groups in total. The molecule has 0 aliphatic heterocycles. The molecule has 0 spiro atoms. The number of aromatic nitrogens is 2. The summed E-state index contributed by atoms with van der Waals surface area (Å²) in [7, 11) is 0. The number of nitrogens with one attached hydrogen (secondary N) is 1. The normalized spacial score (nSPS) is 11.5. The van der Waals surface area contributed by atoms with Crippen LogP contribution in [0.1, 0.15) is 36.7 Å². The van der Waals surface area contributed by atoms with Crippen LogP contribution >= 0.6 is 0 Å². The molecule has 1 heterocycles. The Labute approximate surface area is 174 Å². The molecule has 2 aromatic carbocycles. The predicted octanol–water partition coefficient (Wildman–Crippen LogP) is 3.68. The van der Waals surface area contributed by atoms with Crippen LogP contribution in [0.4, 0.5) is 5.69 Å². The molecule has 3 rings (SSSR count). The molecule has 0 radical (unpaired) electrons. The van der Waals surface area contributed by atoms with E-state index in [2.05, 4.69) is 10.4 Å². The number of nitrogens with zero attached hydrogens (tertiary/aromatic N) is 2. The summed E-state index contributed by atoms with van der Waals surface area (Å²) < 4.78 is 6.16. The van der Waals surface area contributed by atoms with Gasteiger partial charge in [-0.1, -0.05) is 37.3 Å². The summed E-state index contributed by atoms with van der Waals surface area (Å²) in [5, 5.41) is 7.20. The van der Waals surface area contributed by atoms with E-state index in [4.69, 9.17) is 4.74 Å². The van der Waals surface area contributed by atoms with Gasteiger partial charge in [-0.25, -0.2) is 9.48 Å². The van der Waals surface area contributed by atoms with E-state index in [9.17, 15) is 14.4 Å². The number of anilines is 1. The molecule has 1 amide bonds. The van der Waals surface area contributed by atoms with Crippen molar-refractivity contribution in [1.82, 2.24) is 9.78 Å². The van der Waals surface area contributed by atoms with Crippen LogP contribution in [0.5, 0.6) is 0 Å². The van der Waals surface area contributed by atoms with Gasteiger partial charge in [0.05, 0.1) is 17.9 Å². The zero-order valence-corrected chi connectivity index (χ0v) is 16.9. The topological polar surface area (TPSA) is 90.3 Å². The average molecular weight is 405 g/mol. The average Bonchev–Trinajstić information content (AvgIpc) is 2.77. The van der Waals surface area contributed by atoms with Crippen molar-refractivity contribution >= 4 is 17.6 Å². The van der Waals surface area contributed by atoms with E-state index in [1.54, 1.807) is 37.3 Å². The Hall–Kier alpha value is -3.74. The summed E-state index contributed by atoms with van der Waals surface area (Å²) in [6, 6.07) is 18.1. The van der Waals surface area contributed by atoms with Gasteiger partial charge in [-0.15, -0.1) is 0 Å². The number of esters is 1. The number of carbonyl (C=O) groups is 2. The molecule has 7 heteroatoms. The predicted molar refractivity (Wildman–Crippen MR) is 114 cm³/mol. The number of carbonyl (C=O) groups excluding carboxylic acids is 2. The zero-order chi connectivity index (χ0) is 21.5. The molecule has 7 nitrogen and oxygen atoms in total. The molecule has 0 saturated carbocycles. The van der Waals surface area contributed by atoms with E-state index in [0.29, 0.717) is 30.0 Å². The molecular formula is C23H23N3O4. The lowest BCUT2D eigenvalue weighted by atomic mass is 10.1. The number of hydrogen-bond donors (Lipinski definition) is 1. The van der Waals surface area contributed by atoms with Crippen molar-refractivity contribution in [2.75, 3.05) is 11.9 Å². The van der Waals surface area contributed by atoms with E-state index < -0.39 is 12.0 Å². The van der Waals surface area contributed by atoms with Gasteiger partial charge in [-0.05, 0) is 43.7 Å². The number of hydrogen-bond acceptors (Lipinski definition) is 5. The van der Waals surface area contributed by atoms with Crippen LogP contribution in [0, 0.1) is 0 Å². The van der Waals surface area contributed by atoms with Crippen LogP contribution in [0.15, 0.2) is 71.5 Å². The van der Waals surface area contributed by atoms with Crippen LogP contribution in [0.25, 0.3) is 11.3 Å². The van der Waals surface area contributed by atoms with Gasteiger partial charge >= 0.3 is 5.97 Å². The highest BCUT2D eigenvalue weighted by molar-refractivity contribution is 5.95. The first kappa shape index (κ1) is 21.0. The third kappa shape index (κ3) is 4.81. The third-order valence-corrected chi connectivity index (χ3v) is 4.54. The van der Waals surface area contributed by atoms with Gasteiger partial charge in [0.1, 0.15) is 6.04 Å². The van der Waals surface area contributed by atoms with Crippen molar-refractivity contribution in [2.45, 2.75) is 26.3 Å². The zero-order valence-electron chi connectivity index (χ0n) is 16.9. The van der Waals surface area contributed by atoms with Gasteiger partial charge < -0.3 is 10.1 Å². The number of ether oxygens (including phenoxy) is 1. The highest BCUT2D eigenvalue weighted by Gasteiger charge is 2.21. The molecule has 0 bridgehead atoms. The quantitative estimate of drug-likeness (QED) is 0.606. The van der Waals surface area contributed by atoms with Crippen LogP contribution in [0.2, 0.25) is 0 Å². The second kappa shape index (κ2) is 9.65. The lowest BCUT2D eigenvalue weighted by Crippen LogP contribution is -2.34. The number of amides is 1. The second-order valence-corrected chi connectivity index (χ2v) is 6.58. The Balaban J connectivity index is 1.81. The Morgan fingerprint density at radius 3 is 2.33 bits per heavy atom. The van der Waals surface area contributed by atoms with Crippen molar-refractivity contribution in [3.05, 3.63) is 82.6 Å². The summed E-state index contributed by atoms with van der Waals surface area (Å²) in [6.07, 6.45) is 0.387. The van der Waals surface area contributed by atoms with Crippen molar-refractivity contribution < 1.29 is 14.3 Å². The highest BCUT2D eigenvalue weighted by Crippen LogP contribution is 2.18. The van der Waals surface area contributed by atoms with E-state index in [1.807, 2.05) is 37.3 Å². The molecule has 0 saturated heterocycles. The summed E-state index contributed by atoms with van der Waals surface area (Å²) in [4.78, 5) is 37.0. The van der Waals surface area contributed by atoms with Crippen molar-refractivity contribution in [1.29, 1.82) is 0 Å². The second-order valence-electron chi connectivity index (χ2n) is 6.58. The monoisotopic (exact) mass is 405 g/mol. The molecule has 0 unspecified atom stereocenters. The maximum absolute atomic E-state index is 12.9. The summed E-state index contributed by atoms with van der Waals surface area (Å²) in [5.41, 5.74) is 2.03. The van der Waals surface area contributed by atoms with Crippen LogP contribution in [0.3, 0.4) is 0 Å².